The van der Waals surface area contributed by atoms with Crippen molar-refractivity contribution in [2.24, 2.45) is 5.92 Å². The topological polar surface area (TPSA) is 107 Å². The molecular formula is C12H19N3O5. The molecular weight excluding hydrogens is 266 g/mol. The summed E-state index contributed by atoms with van der Waals surface area (Å²) in [4.78, 5) is 48.1. The molecule has 0 radical (unpaired) electrons. The van der Waals surface area contributed by atoms with Crippen LogP contribution in [0.2, 0.25) is 0 Å². The van der Waals surface area contributed by atoms with Crippen LogP contribution in [0.3, 0.4) is 0 Å². The molecule has 0 aromatic rings. The van der Waals surface area contributed by atoms with E-state index in [1.807, 2.05) is 0 Å². The number of imide groups is 1. The van der Waals surface area contributed by atoms with Crippen molar-refractivity contribution in [1.82, 2.24) is 15.1 Å². The van der Waals surface area contributed by atoms with E-state index in [0.29, 0.717) is 13.1 Å². The Balaban J connectivity index is 2.40. The molecule has 1 fully saturated rings. The Morgan fingerprint density at radius 3 is 2.50 bits per heavy atom. The lowest BCUT2D eigenvalue weighted by atomic mass is 10.0. The number of likely N-dealkylation sites (N-methyl/N-ethyl adjacent to an activating group) is 1. The second-order valence-electron chi connectivity index (χ2n) is 5.00. The molecule has 112 valence electrons. The van der Waals surface area contributed by atoms with Crippen LogP contribution in [0.25, 0.3) is 0 Å². The average molecular weight is 285 g/mol. The van der Waals surface area contributed by atoms with Crippen LogP contribution in [0.1, 0.15) is 19.8 Å². The largest absolute Gasteiger partial charge is 0.481 e. The van der Waals surface area contributed by atoms with Crippen LogP contribution < -0.4 is 5.32 Å². The Kier molecular flexibility index (Phi) is 5.48. The highest BCUT2D eigenvalue weighted by molar-refractivity contribution is 5.96. The molecule has 20 heavy (non-hydrogen) atoms. The summed E-state index contributed by atoms with van der Waals surface area (Å²) in [6.45, 7) is 2.36. The van der Waals surface area contributed by atoms with E-state index in [1.165, 1.54) is 9.80 Å². The normalized spacial score (nSPS) is 16.8. The Hall–Kier alpha value is -2.12. The molecule has 0 aromatic carbocycles. The molecule has 0 spiro atoms. The zero-order valence-corrected chi connectivity index (χ0v) is 11.6. The number of rotatable bonds is 4. The van der Waals surface area contributed by atoms with Crippen LogP contribution in [-0.2, 0) is 14.4 Å². The number of aliphatic carboxylic acids is 1. The van der Waals surface area contributed by atoms with Crippen LogP contribution in [0.4, 0.5) is 4.79 Å². The van der Waals surface area contributed by atoms with Crippen LogP contribution in [0.5, 0.6) is 0 Å². The van der Waals surface area contributed by atoms with Gasteiger partial charge in [-0.25, -0.2) is 4.79 Å². The minimum Gasteiger partial charge on any atom is -0.481 e. The summed E-state index contributed by atoms with van der Waals surface area (Å²) < 4.78 is 0. The van der Waals surface area contributed by atoms with Gasteiger partial charge in [0, 0.05) is 33.0 Å². The Bertz CT molecular complexity index is 423. The number of carboxylic acid groups (broad SMARTS) is 1. The number of carbonyl (C=O) groups excluding carboxylic acids is 3. The number of hydrogen-bond donors (Lipinski definition) is 2. The Morgan fingerprint density at radius 1 is 1.30 bits per heavy atom. The number of carboxylic acids is 1. The molecule has 0 saturated carbocycles. The van der Waals surface area contributed by atoms with Gasteiger partial charge in [0.05, 0.1) is 0 Å². The third-order valence-corrected chi connectivity index (χ3v) is 3.05. The fourth-order valence-corrected chi connectivity index (χ4v) is 1.87. The molecule has 1 saturated heterocycles. The highest BCUT2D eigenvalue weighted by atomic mass is 16.4. The van der Waals surface area contributed by atoms with Gasteiger partial charge in [0.2, 0.25) is 11.8 Å². The molecule has 2 N–H and O–H groups in total. The number of nitrogens with one attached hydrogen (secondary N) is 1. The second kappa shape index (κ2) is 6.88. The summed E-state index contributed by atoms with van der Waals surface area (Å²) in [5.74, 6) is -2.05. The predicted octanol–water partition coefficient (Wildman–Crippen LogP) is -0.502. The van der Waals surface area contributed by atoms with E-state index in [2.05, 4.69) is 5.32 Å². The van der Waals surface area contributed by atoms with E-state index >= 15 is 0 Å². The maximum absolute atomic E-state index is 11.8. The molecule has 1 atom stereocenters. The van der Waals surface area contributed by atoms with Gasteiger partial charge < -0.3 is 14.9 Å². The van der Waals surface area contributed by atoms with Gasteiger partial charge in [-0.1, -0.05) is 6.92 Å². The number of urea groups is 1. The monoisotopic (exact) mass is 285 g/mol. The number of piperazine rings is 1. The van der Waals surface area contributed by atoms with Crippen LogP contribution in [0, 0.1) is 5.92 Å². The maximum atomic E-state index is 11.8. The van der Waals surface area contributed by atoms with Crippen molar-refractivity contribution in [3.05, 3.63) is 0 Å². The fraction of sp³-hybridized carbons (Fsp3) is 0.667. The van der Waals surface area contributed by atoms with Crippen molar-refractivity contribution in [3.63, 3.8) is 0 Å². The number of nitrogens with zero attached hydrogens (tertiary/aromatic N) is 2. The lowest BCUT2D eigenvalue weighted by Crippen LogP contribution is -2.54. The van der Waals surface area contributed by atoms with Crippen molar-refractivity contribution in [2.75, 3.05) is 26.7 Å². The molecule has 1 rings (SSSR count). The molecule has 1 aliphatic rings. The lowest BCUT2D eigenvalue weighted by molar-refractivity contribution is -0.138. The van der Waals surface area contributed by atoms with E-state index in [4.69, 9.17) is 5.11 Å². The first-order chi connectivity index (χ1) is 9.29. The third kappa shape index (κ3) is 4.87. The predicted molar refractivity (Wildman–Crippen MR) is 68.8 cm³/mol. The minimum atomic E-state index is -0.985. The molecule has 0 aromatic heterocycles. The van der Waals surface area contributed by atoms with Crippen LogP contribution >= 0.6 is 0 Å². The molecule has 0 bridgehead atoms. The van der Waals surface area contributed by atoms with Crippen molar-refractivity contribution in [2.45, 2.75) is 19.8 Å². The summed E-state index contributed by atoms with van der Waals surface area (Å²) in [6.07, 6.45) is -0.172. The first-order valence-corrected chi connectivity index (χ1v) is 6.34. The minimum absolute atomic E-state index is 0.0419. The SMILES string of the molecule is CC(CC(=O)O)CC(=O)NC(=O)N1CCN(C)C(=O)C1. The lowest BCUT2D eigenvalue weighted by Gasteiger charge is -2.31. The maximum Gasteiger partial charge on any atom is 0.324 e. The van der Waals surface area contributed by atoms with E-state index in [0.717, 1.165) is 0 Å². The van der Waals surface area contributed by atoms with Crippen molar-refractivity contribution in [1.29, 1.82) is 0 Å². The first-order valence-electron chi connectivity index (χ1n) is 6.34. The molecule has 4 amide bonds. The van der Waals surface area contributed by atoms with Gasteiger partial charge in [0.15, 0.2) is 0 Å². The van der Waals surface area contributed by atoms with Crippen LogP contribution in [0.15, 0.2) is 0 Å². The zero-order chi connectivity index (χ0) is 15.3. The molecule has 1 heterocycles. The summed E-state index contributed by atoms with van der Waals surface area (Å²) in [5.41, 5.74) is 0. The third-order valence-electron chi connectivity index (χ3n) is 3.05. The van der Waals surface area contributed by atoms with Crippen molar-refractivity contribution >= 4 is 23.8 Å². The van der Waals surface area contributed by atoms with Gasteiger partial charge >= 0.3 is 12.0 Å². The van der Waals surface area contributed by atoms with Gasteiger partial charge in [-0.2, -0.15) is 0 Å². The number of hydrogen-bond acceptors (Lipinski definition) is 4. The smallest absolute Gasteiger partial charge is 0.324 e. The van der Waals surface area contributed by atoms with Gasteiger partial charge in [-0.3, -0.25) is 19.7 Å². The van der Waals surface area contributed by atoms with Crippen molar-refractivity contribution in [3.8, 4) is 0 Å². The summed E-state index contributed by atoms with van der Waals surface area (Å²) in [5, 5.41) is 10.8. The molecule has 1 aliphatic heterocycles. The molecule has 8 heteroatoms. The molecule has 8 nitrogen and oxygen atoms in total. The summed E-state index contributed by atoms with van der Waals surface area (Å²) in [6, 6.07) is -0.612. The van der Waals surface area contributed by atoms with Crippen molar-refractivity contribution < 1.29 is 24.3 Å². The first kappa shape index (κ1) is 15.9. The Morgan fingerprint density at radius 2 is 1.95 bits per heavy atom. The van der Waals surface area contributed by atoms with E-state index in [-0.39, 0.29) is 31.2 Å². The Labute approximate surface area is 116 Å². The fourth-order valence-electron chi connectivity index (χ4n) is 1.87. The molecule has 0 aliphatic carbocycles. The zero-order valence-electron chi connectivity index (χ0n) is 11.6. The van der Waals surface area contributed by atoms with E-state index in [1.54, 1.807) is 14.0 Å². The highest BCUT2D eigenvalue weighted by Crippen LogP contribution is 2.07. The standard InChI is InChI=1S/C12H19N3O5/c1-8(6-11(18)19)5-9(16)13-12(20)15-4-3-14(2)10(17)7-15/h8H,3-7H2,1-2H3,(H,18,19)(H,13,16,20). The van der Waals surface area contributed by atoms with Crippen LogP contribution in [-0.4, -0.2) is 65.4 Å². The second-order valence-corrected chi connectivity index (χ2v) is 5.00. The van der Waals surface area contributed by atoms with Gasteiger partial charge in [-0.15, -0.1) is 0 Å². The summed E-state index contributed by atoms with van der Waals surface area (Å²) >= 11 is 0. The average Bonchev–Trinajstić information content (AvgIpc) is 2.30. The number of carbonyl (C=O) groups is 4. The van der Waals surface area contributed by atoms with E-state index < -0.39 is 17.9 Å². The summed E-state index contributed by atoms with van der Waals surface area (Å²) in [7, 11) is 1.65. The van der Waals surface area contributed by atoms with Gasteiger partial charge in [-0.05, 0) is 5.92 Å². The molecule has 1 unspecified atom stereocenters. The highest BCUT2D eigenvalue weighted by Gasteiger charge is 2.26. The van der Waals surface area contributed by atoms with Gasteiger partial charge in [0.1, 0.15) is 6.54 Å². The number of amides is 4. The quantitative estimate of drug-likeness (QED) is 0.724. The van der Waals surface area contributed by atoms with E-state index in [9.17, 15) is 19.2 Å². The van der Waals surface area contributed by atoms with Gasteiger partial charge in [0.25, 0.3) is 0 Å².